The van der Waals surface area contributed by atoms with E-state index < -0.39 is 0 Å². The van der Waals surface area contributed by atoms with E-state index in [0.717, 1.165) is 42.8 Å². The van der Waals surface area contributed by atoms with Gasteiger partial charge in [0.2, 0.25) is 5.91 Å². The molecule has 2 rings (SSSR count). The molecule has 1 atom stereocenters. The number of carbonyl (C=O) groups excluding carboxylic acids is 1. The molecule has 1 unspecified atom stereocenters. The predicted octanol–water partition coefficient (Wildman–Crippen LogP) is 2.08. The van der Waals surface area contributed by atoms with E-state index >= 15 is 0 Å². The minimum Gasteiger partial charge on any atom is -0.495 e. The molecule has 0 aromatic heterocycles. The molecule has 0 spiro atoms. The summed E-state index contributed by atoms with van der Waals surface area (Å²) in [5.74, 6) is 0.855. The molecule has 4 heteroatoms. The second-order valence-electron chi connectivity index (χ2n) is 4.69. The molecule has 1 amide bonds. The van der Waals surface area contributed by atoms with E-state index in [9.17, 15) is 4.79 Å². The molecule has 1 saturated heterocycles. The van der Waals surface area contributed by atoms with Crippen molar-refractivity contribution in [3.8, 4) is 5.75 Å². The molecule has 0 bridgehead atoms. The van der Waals surface area contributed by atoms with E-state index in [1.807, 2.05) is 25.1 Å². The zero-order chi connectivity index (χ0) is 13.0. The van der Waals surface area contributed by atoms with Crippen LogP contribution in [0.4, 0.5) is 5.69 Å². The molecule has 1 heterocycles. The molecule has 1 aromatic carbocycles. The van der Waals surface area contributed by atoms with Gasteiger partial charge in [-0.15, -0.1) is 0 Å². The van der Waals surface area contributed by atoms with Gasteiger partial charge in [-0.25, -0.2) is 0 Å². The molecule has 1 aromatic rings. The number of anilines is 1. The summed E-state index contributed by atoms with van der Waals surface area (Å²) in [7, 11) is 1.64. The van der Waals surface area contributed by atoms with Gasteiger partial charge in [0, 0.05) is 6.54 Å². The summed E-state index contributed by atoms with van der Waals surface area (Å²) in [6, 6.07) is 5.77. The smallest absolute Gasteiger partial charge is 0.242 e. The van der Waals surface area contributed by atoms with Crippen molar-refractivity contribution in [2.75, 3.05) is 19.0 Å². The maximum atomic E-state index is 11.9. The lowest BCUT2D eigenvalue weighted by Gasteiger charge is -2.19. The SMILES string of the molecule is COc1ccc(C)cc1NC1CCCCNC1=O. The predicted molar refractivity (Wildman–Crippen MR) is 72.0 cm³/mol. The largest absolute Gasteiger partial charge is 0.495 e. The summed E-state index contributed by atoms with van der Waals surface area (Å²) in [5, 5.41) is 6.22. The van der Waals surface area contributed by atoms with E-state index in [0.29, 0.717) is 0 Å². The lowest BCUT2D eigenvalue weighted by molar-refractivity contribution is -0.121. The number of benzene rings is 1. The number of carbonyl (C=O) groups is 1. The minimum absolute atomic E-state index is 0.0797. The zero-order valence-corrected chi connectivity index (χ0v) is 11.0. The Morgan fingerprint density at radius 1 is 1.39 bits per heavy atom. The molecular formula is C14H20N2O2. The Morgan fingerprint density at radius 3 is 3.00 bits per heavy atom. The molecule has 1 aliphatic heterocycles. The number of hydrogen-bond donors (Lipinski definition) is 2. The lowest BCUT2D eigenvalue weighted by atomic mass is 10.1. The van der Waals surface area contributed by atoms with Crippen LogP contribution in [0.5, 0.6) is 5.75 Å². The van der Waals surface area contributed by atoms with Gasteiger partial charge in [-0.05, 0) is 43.9 Å². The number of nitrogens with one attached hydrogen (secondary N) is 2. The summed E-state index contributed by atoms with van der Waals surface area (Å²) < 4.78 is 5.31. The van der Waals surface area contributed by atoms with Gasteiger partial charge in [-0.1, -0.05) is 6.07 Å². The van der Waals surface area contributed by atoms with Crippen LogP contribution in [-0.4, -0.2) is 25.6 Å². The third-order valence-electron chi connectivity index (χ3n) is 3.22. The zero-order valence-electron chi connectivity index (χ0n) is 11.0. The van der Waals surface area contributed by atoms with Crippen molar-refractivity contribution in [2.45, 2.75) is 32.2 Å². The molecule has 0 aliphatic carbocycles. The third-order valence-corrected chi connectivity index (χ3v) is 3.22. The van der Waals surface area contributed by atoms with Gasteiger partial charge < -0.3 is 15.4 Å². The van der Waals surface area contributed by atoms with Gasteiger partial charge in [-0.3, -0.25) is 4.79 Å². The highest BCUT2D eigenvalue weighted by Gasteiger charge is 2.21. The molecule has 0 saturated carbocycles. The first-order chi connectivity index (χ1) is 8.70. The van der Waals surface area contributed by atoms with Crippen LogP contribution in [-0.2, 0) is 4.79 Å². The van der Waals surface area contributed by atoms with E-state index in [1.54, 1.807) is 7.11 Å². The van der Waals surface area contributed by atoms with Crippen molar-refractivity contribution in [3.05, 3.63) is 23.8 Å². The van der Waals surface area contributed by atoms with Gasteiger partial charge in [0.05, 0.1) is 12.8 Å². The Hall–Kier alpha value is -1.71. The second-order valence-corrected chi connectivity index (χ2v) is 4.69. The Balaban J connectivity index is 2.16. The Bertz CT molecular complexity index is 432. The van der Waals surface area contributed by atoms with Crippen LogP contribution in [0, 0.1) is 6.92 Å². The van der Waals surface area contributed by atoms with Crippen LogP contribution < -0.4 is 15.4 Å². The van der Waals surface area contributed by atoms with Crippen molar-refractivity contribution in [3.63, 3.8) is 0 Å². The number of hydrogen-bond acceptors (Lipinski definition) is 3. The van der Waals surface area contributed by atoms with Crippen molar-refractivity contribution < 1.29 is 9.53 Å². The van der Waals surface area contributed by atoms with Crippen molar-refractivity contribution in [1.82, 2.24) is 5.32 Å². The fraction of sp³-hybridized carbons (Fsp3) is 0.500. The first-order valence-corrected chi connectivity index (χ1v) is 6.39. The number of aryl methyl sites for hydroxylation is 1. The van der Waals surface area contributed by atoms with Crippen molar-refractivity contribution >= 4 is 11.6 Å². The molecule has 18 heavy (non-hydrogen) atoms. The number of rotatable bonds is 3. The lowest BCUT2D eigenvalue weighted by Crippen LogP contribution is -2.37. The van der Waals surface area contributed by atoms with Crippen molar-refractivity contribution in [2.24, 2.45) is 0 Å². The summed E-state index contributed by atoms with van der Waals surface area (Å²) in [6.45, 7) is 2.81. The number of ether oxygens (including phenoxy) is 1. The van der Waals surface area contributed by atoms with Crippen LogP contribution in [0.2, 0.25) is 0 Å². The summed E-state index contributed by atoms with van der Waals surface area (Å²) in [6.07, 6.45) is 2.97. The van der Waals surface area contributed by atoms with Crippen LogP contribution in [0.25, 0.3) is 0 Å². The van der Waals surface area contributed by atoms with Crippen LogP contribution in [0.15, 0.2) is 18.2 Å². The first kappa shape index (κ1) is 12.7. The van der Waals surface area contributed by atoms with Crippen LogP contribution in [0.1, 0.15) is 24.8 Å². The van der Waals surface area contributed by atoms with Gasteiger partial charge in [0.15, 0.2) is 0 Å². The summed E-state index contributed by atoms with van der Waals surface area (Å²) in [4.78, 5) is 11.9. The topological polar surface area (TPSA) is 50.4 Å². The van der Waals surface area contributed by atoms with E-state index in [1.165, 1.54) is 0 Å². The fourth-order valence-electron chi connectivity index (χ4n) is 2.20. The molecule has 2 N–H and O–H groups in total. The second kappa shape index (κ2) is 5.76. The number of methoxy groups -OCH3 is 1. The highest BCUT2D eigenvalue weighted by Crippen LogP contribution is 2.26. The Kier molecular flexibility index (Phi) is 4.07. The maximum Gasteiger partial charge on any atom is 0.242 e. The summed E-state index contributed by atoms with van der Waals surface area (Å²) in [5.41, 5.74) is 2.03. The van der Waals surface area contributed by atoms with E-state index in [2.05, 4.69) is 10.6 Å². The normalized spacial score (nSPS) is 19.9. The third kappa shape index (κ3) is 2.94. The molecular weight excluding hydrogens is 228 g/mol. The highest BCUT2D eigenvalue weighted by molar-refractivity contribution is 5.85. The first-order valence-electron chi connectivity index (χ1n) is 6.39. The molecule has 98 valence electrons. The fourth-order valence-corrected chi connectivity index (χ4v) is 2.20. The minimum atomic E-state index is -0.164. The molecule has 0 radical (unpaired) electrons. The Labute approximate surface area is 108 Å². The van der Waals surface area contributed by atoms with Gasteiger partial charge >= 0.3 is 0 Å². The van der Waals surface area contributed by atoms with Crippen LogP contribution >= 0.6 is 0 Å². The molecule has 1 aliphatic rings. The van der Waals surface area contributed by atoms with Crippen LogP contribution in [0.3, 0.4) is 0 Å². The standard InChI is InChI=1S/C14H20N2O2/c1-10-6-7-13(18-2)12(9-10)16-11-5-3-4-8-15-14(11)17/h6-7,9,11,16H,3-5,8H2,1-2H3,(H,15,17). The highest BCUT2D eigenvalue weighted by atomic mass is 16.5. The monoisotopic (exact) mass is 248 g/mol. The average Bonchev–Trinajstić information content (AvgIpc) is 2.55. The summed E-state index contributed by atoms with van der Waals surface area (Å²) >= 11 is 0. The van der Waals surface area contributed by atoms with E-state index in [-0.39, 0.29) is 11.9 Å². The Morgan fingerprint density at radius 2 is 2.22 bits per heavy atom. The van der Waals surface area contributed by atoms with Gasteiger partial charge in [0.1, 0.15) is 11.8 Å². The van der Waals surface area contributed by atoms with Gasteiger partial charge in [0.25, 0.3) is 0 Å². The van der Waals surface area contributed by atoms with E-state index in [4.69, 9.17) is 4.74 Å². The quantitative estimate of drug-likeness (QED) is 0.861. The van der Waals surface area contributed by atoms with Gasteiger partial charge in [-0.2, -0.15) is 0 Å². The number of amides is 1. The van der Waals surface area contributed by atoms with Crippen molar-refractivity contribution in [1.29, 1.82) is 0 Å². The maximum absolute atomic E-state index is 11.9. The molecule has 4 nitrogen and oxygen atoms in total. The molecule has 1 fully saturated rings. The average molecular weight is 248 g/mol.